The summed E-state index contributed by atoms with van der Waals surface area (Å²) in [6.45, 7) is 28.6. The van der Waals surface area contributed by atoms with Crippen LogP contribution in [0.5, 0.6) is 0 Å². The number of fused-ring (bicyclic) bond motifs is 14. The van der Waals surface area contributed by atoms with Gasteiger partial charge in [0.15, 0.2) is 8.07 Å². The predicted molar refractivity (Wildman–Crippen MR) is 280 cm³/mol. The highest BCUT2D eigenvalue weighted by Crippen LogP contribution is 2.45. The van der Waals surface area contributed by atoms with E-state index >= 15 is 0 Å². The number of hydrogen-bond acceptors (Lipinski definition) is 0. The molecule has 4 heteroatoms. The molecule has 7 aromatic carbocycles. The molecule has 2 nitrogen and oxygen atoms in total. The predicted octanol–water partition coefficient (Wildman–Crippen LogP) is 11.4. The van der Waals surface area contributed by atoms with Crippen molar-refractivity contribution in [3.8, 4) is 22.5 Å². The normalized spacial score (nSPS) is 14.9. The van der Waals surface area contributed by atoms with Gasteiger partial charge in [0.1, 0.15) is 0 Å². The zero-order valence-electron chi connectivity index (χ0n) is 39.8. The van der Waals surface area contributed by atoms with Gasteiger partial charge in [-0.15, -0.1) is 0 Å². The first kappa shape index (κ1) is 38.8. The van der Waals surface area contributed by atoms with Crippen molar-refractivity contribution in [2.24, 2.45) is 0 Å². The summed E-state index contributed by atoms with van der Waals surface area (Å²) in [7, 11) is -2.93. The third-order valence-electron chi connectivity index (χ3n) is 16.5. The molecule has 0 unspecified atom stereocenters. The SMILES string of the molecule is CC(C)c1ccc2c(c1)-c1cc(C(C)C)ccc1[Si]21c2ccc3c4c2-n2c5c(cc(C(C)C)cc5c5cc(C(C)C)cc1c52)B4c1ccc(C(C)C)c2c4cc(C(C)C)ccc4n-3c12. The van der Waals surface area contributed by atoms with E-state index in [9.17, 15) is 0 Å². The van der Waals surface area contributed by atoms with Crippen molar-refractivity contribution in [1.82, 2.24) is 9.13 Å². The Morgan fingerprint density at radius 1 is 0.406 bits per heavy atom. The summed E-state index contributed by atoms with van der Waals surface area (Å²) >= 11 is 0. The lowest BCUT2D eigenvalue weighted by atomic mass is 9.34. The van der Waals surface area contributed by atoms with Gasteiger partial charge in [-0.05, 0) is 147 Å². The van der Waals surface area contributed by atoms with Crippen molar-refractivity contribution in [1.29, 1.82) is 0 Å². The third kappa shape index (κ3) is 4.54. The Morgan fingerprint density at radius 2 is 0.953 bits per heavy atom. The second kappa shape index (κ2) is 12.8. The van der Waals surface area contributed by atoms with Gasteiger partial charge in [0.2, 0.25) is 0 Å². The highest BCUT2D eigenvalue weighted by atomic mass is 28.3. The molecule has 0 fully saturated rings. The fourth-order valence-corrected chi connectivity index (χ4v) is 18.7. The Balaban J connectivity index is 1.29. The summed E-state index contributed by atoms with van der Waals surface area (Å²) in [5, 5.41) is 12.0. The van der Waals surface area contributed by atoms with Crippen LogP contribution in [0.15, 0.2) is 103 Å². The van der Waals surface area contributed by atoms with E-state index in [1.807, 2.05) is 0 Å². The van der Waals surface area contributed by atoms with Crippen molar-refractivity contribution in [2.45, 2.75) is 119 Å². The lowest BCUT2D eigenvalue weighted by Gasteiger charge is -2.43. The molecular weight excluding hydrogens is 788 g/mol. The lowest BCUT2D eigenvalue weighted by molar-refractivity contribution is 0.866. The summed E-state index contributed by atoms with van der Waals surface area (Å²) in [4.78, 5) is 0. The number of aromatic nitrogens is 2. The largest absolute Gasteiger partial charge is 0.310 e. The minimum Gasteiger partial charge on any atom is -0.310 e. The van der Waals surface area contributed by atoms with Crippen LogP contribution >= 0.6 is 0 Å². The maximum atomic E-state index is 2.82. The summed E-state index contributed by atoms with van der Waals surface area (Å²) in [6, 6.07) is 43.6. The molecule has 4 aliphatic heterocycles. The van der Waals surface area contributed by atoms with Crippen LogP contribution < -0.4 is 37.1 Å². The molecule has 0 saturated heterocycles. The molecule has 1 spiro atoms. The summed E-state index contributed by atoms with van der Waals surface area (Å²) in [5.41, 5.74) is 24.4. The van der Waals surface area contributed by atoms with Gasteiger partial charge in [0.25, 0.3) is 6.71 Å². The smallest absolute Gasteiger partial charge is 0.252 e. The van der Waals surface area contributed by atoms with Gasteiger partial charge in [-0.2, -0.15) is 0 Å². The molecule has 2 aromatic heterocycles. The molecular formula is C60H59BN2Si. The molecule has 64 heavy (non-hydrogen) atoms. The standard InChI is InChI=1S/C60H59BN2Si/c1-30(2)36-13-18-49-46(25-36)55-41(35(11)12)16-17-47-59(55)62(49)50-19-22-53-60-56(50)61(47)48-28-39(33(7)8)26-44-45-27-40(34(9)10)29-54(58(45)63(60)57(44)48)64(53)51-20-14-37(31(3)4)23-42(51)43-24-38(32(5)6)15-21-52(43)64/h13-35H,1-12H3. The lowest BCUT2D eigenvalue weighted by Crippen LogP contribution is -2.77. The molecule has 0 amide bonds. The maximum Gasteiger partial charge on any atom is 0.252 e. The molecule has 0 atom stereocenters. The Morgan fingerprint density at radius 3 is 1.56 bits per heavy atom. The molecule has 0 radical (unpaired) electrons. The van der Waals surface area contributed by atoms with Crippen molar-refractivity contribution < 1.29 is 0 Å². The molecule has 4 aliphatic rings. The Bertz CT molecular complexity index is 3530. The molecule has 9 aromatic rings. The highest BCUT2D eigenvalue weighted by molar-refractivity contribution is 7.24. The summed E-state index contributed by atoms with van der Waals surface area (Å²) in [5.74, 6) is 2.55. The van der Waals surface area contributed by atoms with Crippen LogP contribution in [0, 0.1) is 0 Å². The molecule has 0 N–H and O–H groups in total. The number of rotatable bonds is 6. The molecule has 13 rings (SSSR count). The Hall–Kier alpha value is -5.58. The van der Waals surface area contributed by atoms with Crippen LogP contribution in [0.4, 0.5) is 0 Å². The Labute approximate surface area is 380 Å². The van der Waals surface area contributed by atoms with Crippen LogP contribution in [0.1, 0.15) is 152 Å². The first-order valence-electron chi connectivity index (χ1n) is 24.5. The third-order valence-corrected chi connectivity index (χ3v) is 21.4. The molecule has 0 bridgehead atoms. The van der Waals surface area contributed by atoms with E-state index in [0.29, 0.717) is 35.5 Å². The first-order chi connectivity index (χ1) is 30.7. The fourth-order valence-electron chi connectivity index (χ4n) is 13.2. The van der Waals surface area contributed by atoms with Crippen LogP contribution in [-0.2, 0) is 0 Å². The average Bonchev–Trinajstić information content (AvgIpc) is 3.90. The molecule has 316 valence electrons. The van der Waals surface area contributed by atoms with Gasteiger partial charge in [-0.25, -0.2) is 0 Å². The van der Waals surface area contributed by atoms with E-state index in [1.165, 1.54) is 116 Å². The quantitative estimate of drug-likeness (QED) is 0.148. The topological polar surface area (TPSA) is 9.86 Å². The van der Waals surface area contributed by atoms with Crippen molar-refractivity contribution in [3.05, 3.63) is 137 Å². The number of hydrogen-bond donors (Lipinski definition) is 0. The molecule has 6 heterocycles. The number of nitrogens with zero attached hydrogens (tertiary/aromatic N) is 2. The summed E-state index contributed by atoms with van der Waals surface area (Å²) in [6.07, 6.45) is 0. The van der Waals surface area contributed by atoms with E-state index in [4.69, 9.17) is 0 Å². The van der Waals surface area contributed by atoms with Gasteiger partial charge in [-0.1, -0.05) is 156 Å². The van der Waals surface area contributed by atoms with Crippen LogP contribution in [0.3, 0.4) is 0 Å². The second-order valence-corrected chi connectivity index (χ2v) is 25.7. The minimum atomic E-state index is -2.93. The van der Waals surface area contributed by atoms with E-state index in [2.05, 4.69) is 195 Å². The fraction of sp³-hybridized carbons (Fsp3) is 0.300. The van der Waals surface area contributed by atoms with E-state index in [1.54, 1.807) is 20.7 Å². The summed E-state index contributed by atoms with van der Waals surface area (Å²) < 4.78 is 5.53. The van der Waals surface area contributed by atoms with Crippen LogP contribution in [0.25, 0.3) is 66.1 Å². The monoisotopic (exact) mass is 846 g/mol. The maximum absolute atomic E-state index is 2.93. The van der Waals surface area contributed by atoms with E-state index in [0.717, 1.165) is 0 Å². The first-order valence-corrected chi connectivity index (χ1v) is 26.5. The highest BCUT2D eigenvalue weighted by Gasteiger charge is 2.56. The van der Waals surface area contributed by atoms with E-state index < -0.39 is 8.07 Å². The molecule has 0 saturated carbocycles. The second-order valence-electron chi connectivity index (χ2n) is 22.0. The van der Waals surface area contributed by atoms with Gasteiger partial charge in [0, 0.05) is 44.0 Å². The zero-order chi connectivity index (χ0) is 44.2. The number of benzene rings is 7. The van der Waals surface area contributed by atoms with Crippen molar-refractivity contribution in [3.63, 3.8) is 0 Å². The van der Waals surface area contributed by atoms with E-state index in [-0.39, 0.29) is 6.71 Å². The van der Waals surface area contributed by atoms with Gasteiger partial charge in [0.05, 0.1) is 11.0 Å². The average molecular weight is 847 g/mol. The Kier molecular flexibility index (Phi) is 7.78. The van der Waals surface area contributed by atoms with Crippen LogP contribution in [0.2, 0.25) is 0 Å². The molecule has 0 aliphatic carbocycles. The van der Waals surface area contributed by atoms with Gasteiger partial charge < -0.3 is 9.13 Å². The minimum absolute atomic E-state index is 0.109. The van der Waals surface area contributed by atoms with Crippen LogP contribution in [-0.4, -0.2) is 23.9 Å². The van der Waals surface area contributed by atoms with Crippen molar-refractivity contribution >= 4 is 95.5 Å². The zero-order valence-corrected chi connectivity index (χ0v) is 40.8. The van der Waals surface area contributed by atoms with Crippen molar-refractivity contribution in [2.75, 3.05) is 0 Å². The van der Waals surface area contributed by atoms with Gasteiger partial charge >= 0.3 is 0 Å². The van der Waals surface area contributed by atoms with Gasteiger partial charge in [-0.3, -0.25) is 0 Å².